The smallest absolute Gasteiger partial charge is 0.170 e. The van der Waals surface area contributed by atoms with Crippen molar-refractivity contribution in [1.29, 1.82) is 0 Å². The molecule has 2 aromatic rings. The van der Waals surface area contributed by atoms with Gasteiger partial charge in [0.15, 0.2) is 5.84 Å². The maximum Gasteiger partial charge on any atom is 0.170 e. The van der Waals surface area contributed by atoms with Crippen molar-refractivity contribution in [3.05, 3.63) is 65.7 Å². The predicted octanol–water partition coefficient (Wildman–Crippen LogP) is 2.42. The normalized spacial score (nSPS) is 11.3. The van der Waals surface area contributed by atoms with E-state index < -0.39 is 0 Å². The van der Waals surface area contributed by atoms with Gasteiger partial charge in [0, 0.05) is 24.8 Å². The highest BCUT2D eigenvalue weighted by molar-refractivity contribution is 5.97. The summed E-state index contributed by atoms with van der Waals surface area (Å²) in [6, 6.07) is 17.8. The fourth-order valence-electron chi connectivity index (χ4n) is 1.93. The molecule has 0 aromatic heterocycles. The third kappa shape index (κ3) is 3.25. The monoisotopic (exact) mass is 255 g/mol. The molecule has 4 nitrogen and oxygen atoms in total. The second kappa shape index (κ2) is 5.91. The van der Waals surface area contributed by atoms with Gasteiger partial charge in [-0.1, -0.05) is 41.6 Å². The molecule has 0 aliphatic rings. The fourth-order valence-corrected chi connectivity index (χ4v) is 1.93. The van der Waals surface area contributed by atoms with Crippen molar-refractivity contribution in [3.8, 4) is 0 Å². The minimum Gasteiger partial charge on any atom is -0.409 e. The van der Waals surface area contributed by atoms with Crippen LogP contribution in [-0.2, 0) is 6.54 Å². The van der Waals surface area contributed by atoms with Crippen LogP contribution >= 0.6 is 0 Å². The van der Waals surface area contributed by atoms with Gasteiger partial charge in [-0.15, -0.1) is 0 Å². The molecule has 0 radical (unpaired) electrons. The zero-order chi connectivity index (χ0) is 13.7. The molecule has 2 aromatic carbocycles. The van der Waals surface area contributed by atoms with Crippen LogP contribution in [0.3, 0.4) is 0 Å². The molecule has 2 rings (SSSR count). The molecule has 0 unspecified atom stereocenters. The Kier molecular flexibility index (Phi) is 4.03. The molecule has 98 valence electrons. The van der Waals surface area contributed by atoms with Gasteiger partial charge < -0.3 is 15.8 Å². The van der Waals surface area contributed by atoms with E-state index in [0.29, 0.717) is 0 Å². The summed E-state index contributed by atoms with van der Waals surface area (Å²) in [4.78, 5) is 2.14. The number of nitrogens with two attached hydrogens (primary N) is 1. The Morgan fingerprint density at radius 1 is 1.16 bits per heavy atom. The summed E-state index contributed by atoms with van der Waals surface area (Å²) in [7, 11) is 2.03. The minimum absolute atomic E-state index is 0.129. The molecular formula is C15H17N3O. The molecular weight excluding hydrogens is 238 g/mol. The lowest BCUT2D eigenvalue weighted by atomic mass is 10.1. The fraction of sp³-hybridized carbons (Fsp3) is 0.133. The molecule has 0 bridgehead atoms. The average molecular weight is 255 g/mol. The maximum atomic E-state index is 8.69. The zero-order valence-corrected chi connectivity index (χ0v) is 10.8. The van der Waals surface area contributed by atoms with Crippen LogP contribution in [0.1, 0.15) is 11.1 Å². The second-order valence-corrected chi connectivity index (χ2v) is 4.38. The zero-order valence-electron chi connectivity index (χ0n) is 10.8. The Balaban J connectivity index is 2.16. The Bertz CT molecular complexity index is 567. The molecule has 0 spiro atoms. The summed E-state index contributed by atoms with van der Waals surface area (Å²) >= 11 is 0. The van der Waals surface area contributed by atoms with Crippen LogP contribution in [-0.4, -0.2) is 18.1 Å². The molecule has 0 saturated carbocycles. The van der Waals surface area contributed by atoms with E-state index in [0.717, 1.165) is 23.4 Å². The lowest BCUT2D eigenvalue weighted by Gasteiger charge is -2.19. The van der Waals surface area contributed by atoms with Crippen LogP contribution < -0.4 is 10.6 Å². The Labute approximate surface area is 112 Å². The number of benzene rings is 2. The second-order valence-electron chi connectivity index (χ2n) is 4.38. The standard InChI is InChI=1S/C15H17N3O/c1-18(14-8-3-2-4-9-14)11-12-6-5-7-13(10-12)15(16)17-19/h2-10,19H,11H2,1H3,(H2,16,17). The summed E-state index contributed by atoms with van der Waals surface area (Å²) in [6.07, 6.45) is 0. The SMILES string of the molecule is CN(Cc1cccc(/C(N)=N/O)c1)c1ccccc1. The van der Waals surface area contributed by atoms with Gasteiger partial charge in [0.2, 0.25) is 0 Å². The van der Waals surface area contributed by atoms with Gasteiger partial charge in [0.05, 0.1) is 0 Å². The first-order valence-corrected chi connectivity index (χ1v) is 6.03. The van der Waals surface area contributed by atoms with E-state index in [4.69, 9.17) is 10.9 Å². The van der Waals surface area contributed by atoms with Crippen LogP contribution in [0.5, 0.6) is 0 Å². The molecule has 0 atom stereocenters. The van der Waals surface area contributed by atoms with Crippen LogP contribution in [0, 0.1) is 0 Å². The van der Waals surface area contributed by atoms with E-state index in [1.54, 1.807) is 0 Å². The molecule has 0 fully saturated rings. The van der Waals surface area contributed by atoms with Crippen molar-refractivity contribution in [3.63, 3.8) is 0 Å². The van der Waals surface area contributed by atoms with Gasteiger partial charge in [0.25, 0.3) is 0 Å². The van der Waals surface area contributed by atoms with Gasteiger partial charge in [-0.05, 0) is 23.8 Å². The van der Waals surface area contributed by atoms with Crippen LogP contribution in [0.15, 0.2) is 59.8 Å². The maximum absolute atomic E-state index is 8.69. The highest BCUT2D eigenvalue weighted by Crippen LogP contribution is 2.15. The number of hydrogen-bond acceptors (Lipinski definition) is 3. The first kappa shape index (κ1) is 13.0. The summed E-state index contributed by atoms with van der Waals surface area (Å²) < 4.78 is 0. The lowest BCUT2D eigenvalue weighted by molar-refractivity contribution is 0.318. The van der Waals surface area contributed by atoms with E-state index >= 15 is 0 Å². The number of amidine groups is 1. The van der Waals surface area contributed by atoms with E-state index in [-0.39, 0.29) is 5.84 Å². The van der Waals surface area contributed by atoms with E-state index in [9.17, 15) is 0 Å². The third-order valence-electron chi connectivity index (χ3n) is 2.95. The van der Waals surface area contributed by atoms with E-state index in [2.05, 4.69) is 22.2 Å². The van der Waals surface area contributed by atoms with Gasteiger partial charge in [-0.3, -0.25) is 0 Å². The quantitative estimate of drug-likeness (QED) is 0.382. The van der Waals surface area contributed by atoms with Crippen molar-refractivity contribution in [2.75, 3.05) is 11.9 Å². The van der Waals surface area contributed by atoms with Crippen molar-refractivity contribution >= 4 is 11.5 Å². The molecule has 19 heavy (non-hydrogen) atoms. The summed E-state index contributed by atoms with van der Waals surface area (Å²) in [5, 5.41) is 11.7. The third-order valence-corrected chi connectivity index (χ3v) is 2.95. The van der Waals surface area contributed by atoms with Gasteiger partial charge in [-0.25, -0.2) is 0 Å². The number of hydrogen-bond donors (Lipinski definition) is 2. The number of nitrogens with zero attached hydrogens (tertiary/aromatic N) is 2. The summed E-state index contributed by atoms with van der Waals surface area (Å²) in [5.41, 5.74) is 8.57. The van der Waals surface area contributed by atoms with Crippen LogP contribution in [0.2, 0.25) is 0 Å². The molecule has 0 heterocycles. The van der Waals surface area contributed by atoms with E-state index in [1.807, 2.05) is 49.5 Å². The van der Waals surface area contributed by atoms with Crippen LogP contribution in [0.25, 0.3) is 0 Å². The Morgan fingerprint density at radius 3 is 2.58 bits per heavy atom. The average Bonchev–Trinajstić information content (AvgIpc) is 2.47. The largest absolute Gasteiger partial charge is 0.409 e. The summed E-state index contributed by atoms with van der Waals surface area (Å²) in [6.45, 7) is 0.760. The number of rotatable bonds is 4. The van der Waals surface area contributed by atoms with Crippen LogP contribution in [0.4, 0.5) is 5.69 Å². The Hall–Kier alpha value is -2.49. The van der Waals surface area contributed by atoms with Crippen molar-refractivity contribution in [2.45, 2.75) is 6.54 Å². The van der Waals surface area contributed by atoms with Gasteiger partial charge in [-0.2, -0.15) is 0 Å². The molecule has 4 heteroatoms. The summed E-state index contributed by atoms with van der Waals surface area (Å²) in [5.74, 6) is 0.129. The molecule has 0 saturated heterocycles. The first-order valence-electron chi connectivity index (χ1n) is 6.03. The highest BCUT2D eigenvalue weighted by atomic mass is 16.4. The van der Waals surface area contributed by atoms with Crippen molar-refractivity contribution < 1.29 is 5.21 Å². The van der Waals surface area contributed by atoms with Crippen molar-refractivity contribution in [2.24, 2.45) is 10.9 Å². The minimum atomic E-state index is 0.129. The number of anilines is 1. The molecule has 0 amide bonds. The van der Waals surface area contributed by atoms with E-state index in [1.165, 1.54) is 0 Å². The molecule has 0 aliphatic carbocycles. The number of oxime groups is 1. The molecule has 3 N–H and O–H groups in total. The van der Waals surface area contributed by atoms with Gasteiger partial charge in [0.1, 0.15) is 0 Å². The highest BCUT2D eigenvalue weighted by Gasteiger charge is 2.04. The predicted molar refractivity (Wildman–Crippen MR) is 77.5 cm³/mol. The lowest BCUT2D eigenvalue weighted by Crippen LogP contribution is -2.17. The van der Waals surface area contributed by atoms with Gasteiger partial charge >= 0.3 is 0 Å². The van der Waals surface area contributed by atoms with Crippen molar-refractivity contribution in [1.82, 2.24) is 0 Å². The Morgan fingerprint density at radius 2 is 1.89 bits per heavy atom. The molecule has 0 aliphatic heterocycles. The number of para-hydroxylation sites is 1. The topological polar surface area (TPSA) is 61.8 Å². The first-order chi connectivity index (χ1) is 9.20.